The highest BCUT2D eigenvalue weighted by Crippen LogP contribution is 2.48. The Morgan fingerprint density at radius 1 is 1.35 bits per heavy atom. The van der Waals surface area contributed by atoms with Gasteiger partial charge in [-0.2, -0.15) is 13.2 Å². The molecule has 8 nitrogen and oxygen atoms in total. The van der Waals surface area contributed by atoms with Gasteiger partial charge in [-0.05, 0) is 0 Å². The summed E-state index contributed by atoms with van der Waals surface area (Å²) in [6.45, 7) is 0. The number of hydrogen-bond donors (Lipinski definition) is 4. The summed E-state index contributed by atoms with van der Waals surface area (Å²) >= 11 is 0. The zero-order chi connectivity index (χ0) is 17.7. The van der Waals surface area contributed by atoms with Crippen molar-refractivity contribution in [3.8, 4) is 0 Å². The molecule has 4 N–H and O–H groups in total. The lowest BCUT2D eigenvalue weighted by Gasteiger charge is -2.34. The highest BCUT2D eigenvalue weighted by Gasteiger charge is 2.73. The summed E-state index contributed by atoms with van der Waals surface area (Å²) in [6, 6.07) is 0. The lowest BCUT2D eigenvalue weighted by molar-refractivity contribution is -0.363. The van der Waals surface area contributed by atoms with Gasteiger partial charge in [-0.25, -0.2) is 13.6 Å². The molecule has 1 aliphatic heterocycles. The average molecular weight is 348 g/mol. The summed E-state index contributed by atoms with van der Waals surface area (Å²) in [5, 5.41) is 27.7. The van der Waals surface area contributed by atoms with Gasteiger partial charge < -0.3 is 20.1 Å². The number of rotatable bonds is 3. The number of aromatic amines is 1. The smallest absolute Gasteiger partial charge is 0.387 e. The molecule has 0 unspecified atom stereocenters. The van der Waals surface area contributed by atoms with Gasteiger partial charge in [0.15, 0.2) is 6.23 Å². The molecule has 1 fully saturated rings. The fourth-order valence-electron chi connectivity index (χ4n) is 2.18. The molecule has 13 heteroatoms. The van der Waals surface area contributed by atoms with Crippen LogP contribution in [0.2, 0.25) is 0 Å². The van der Waals surface area contributed by atoms with E-state index in [1.165, 1.54) is 4.98 Å². The Labute approximate surface area is 122 Å². The third-order valence-electron chi connectivity index (χ3n) is 3.36. The zero-order valence-electron chi connectivity index (χ0n) is 10.8. The molecule has 4 atom stereocenters. The molecule has 1 saturated heterocycles. The van der Waals surface area contributed by atoms with Crippen molar-refractivity contribution < 1.29 is 42.0 Å². The quantitative estimate of drug-likeness (QED) is 0.494. The largest absolute Gasteiger partial charge is 0.390 e. The van der Waals surface area contributed by atoms with Crippen LogP contribution in [-0.4, -0.2) is 55.2 Å². The Bertz CT molecular complexity index is 715. The predicted molar refractivity (Wildman–Crippen MR) is 59.3 cm³/mol. The first-order chi connectivity index (χ1) is 10.4. The first-order valence-electron chi connectivity index (χ1n) is 5.86. The normalized spacial score (nSPS) is 31.8. The fourth-order valence-corrected chi connectivity index (χ4v) is 2.18. The van der Waals surface area contributed by atoms with E-state index in [1.807, 2.05) is 0 Å². The van der Waals surface area contributed by atoms with Crippen molar-refractivity contribution in [3.63, 3.8) is 0 Å². The van der Waals surface area contributed by atoms with Crippen molar-refractivity contribution in [3.05, 3.63) is 32.9 Å². The van der Waals surface area contributed by atoms with Gasteiger partial charge in [0.05, 0.1) is 6.20 Å². The van der Waals surface area contributed by atoms with Crippen molar-refractivity contribution >= 4 is 0 Å². The molecular formula is C10H9F5N2O6. The third kappa shape index (κ3) is 2.45. The number of hydrogen-bond acceptors (Lipinski definition) is 6. The van der Waals surface area contributed by atoms with E-state index in [9.17, 15) is 41.8 Å². The van der Waals surface area contributed by atoms with Crippen LogP contribution in [0.5, 0.6) is 0 Å². The van der Waals surface area contributed by atoms with Gasteiger partial charge in [-0.3, -0.25) is 14.3 Å². The minimum Gasteiger partial charge on any atom is -0.387 e. The summed E-state index contributed by atoms with van der Waals surface area (Å²) in [6.07, 6.45) is -17.4. The maximum absolute atomic E-state index is 13.2. The van der Waals surface area contributed by atoms with Crippen molar-refractivity contribution in [2.45, 2.75) is 36.6 Å². The van der Waals surface area contributed by atoms with Gasteiger partial charge >= 0.3 is 11.8 Å². The molecule has 0 radical (unpaired) electrons. The summed E-state index contributed by atoms with van der Waals surface area (Å²) in [5.74, 6) is -1.61. The second-order valence-corrected chi connectivity index (χ2v) is 4.72. The Balaban J connectivity index is 2.59. The maximum atomic E-state index is 13.2. The Hall–Kier alpha value is -1.83. The van der Waals surface area contributed by atoms with Crippen LogP contribution in [0.15, 0.2) is 15.8 Å². The molecule has 0 bridgehead atoms. The van der Waals surface area contributed by atoms with Crippen LogP contribution in [0.4, 0.5) is 22.0 Å². The second-order valence-electron chi connectivity index (χ2n) is 4.72. The molecule has 0 spiro atoms. The summed E-state index contributed by atoms with van der Waals surface area (Å²) in [4.78, 5) is 23.7. The number of nitrogens with zero attached hydrogens (tertiary/aromatic N) is 1. The number of alkyl halides is 4. The van der Waals surface area contributed by atoms with Crippen LogP contribution in [0.1, 0.15) is 6.23 Å². The van der Waals surface area contributed by atoms with Crippen LogP contribution < -0.4 is 11.2 Å². The highest BCUT2D eigenvalue weighted by molar-refractivity contribution is 5.08. The first-order valence-corrected chi connectivity index (χ1v) is 5.86. The number of halogens is 5. The van der Waals surface area contributed by atoms with E-state index in [0.717, 1.165) is 0 Å². The van der Waals surface area contributed by atoms with Crippen molar-refractivity contribution in [1.29, 1.82) is 0 Å². The molecule has 2 rings (SSSR count). The molecule has 1 aromatic rings. The van der Waals surface area contributed by atoms with E-state index in [0.29, 0.717) is 0 Å². The van der Waals surface area contributed by atoms with Gasteiger partial charge in [-0.15, -0.1) is 0 Å². The maximum Gasteiger partial charge on any atom is 0.390 e. The van der Waals surface area contributed by atoms with Crippen molar-refractivity contribution in [2.75, 3.05) is 0 Å². The van der Waals surface area contributed by atoms with Gasteiger partial charge in [-0.1, -0.05) is 0 Å². The molecule has 0 amide bonds. The molecule has 2 heterocycles. The van der Waals surface area contributed by atoms with E-state index in [-0.39, 0.29) is 10.8 Å². The lowest BCUT2D eigenvalue weighted by Crippen LogP contribution is -2.61. The van der Waals surface area contributed by atoms with Crippen LogP contribution in [-0.2, 0) is 4.74 Å². The molecular weight excluding hydrogens is 339 g/mol. The van der Waals surface area contributed by atoms with E-state index in [4.69, 9.17) is 5.11 Å². The van der Waals surface area contributed by atoms with Crippen LogP contribution in [0, 0.1) is 5.82 Å². The molecule has 23 heavy (non-hydrogen) atoms. The van der Waals surface area contributed by atoms with E-state index >= 15 is 0 Å². The summed E-state index contributed by atoms with van der Waals surface area (Å²) in [5.41, 5.74) is -7.24. The minimum absolute atomic E-state index is 0.0134. The van der Waals surface area contributed by atoms with Crippen LogP contribution >= 0.6 is 0 Å². The highest BCUT2D eigenvalue weighted by atomic mass is 19.3. The number of aromatic nitrogens is 2. The van der Waals surface area contributed by atoms with E-state index in [1.54, 1.807) is 0 Å². The topological polar surface area (TPSA) is 125 Å². The van der Waals surface area contributed by atoms with Gasteiger partial charge in [0.1, 0.15) is 12.2 Å². The lowest BCUT2D eigenvalue weighted by atomic mass is 9.94. The van der Waals surface area contributed by atoms with Crippen molar-refractivity contribution in [1.82, 2.24) is 9.55 Å². The molecule has 1 aliphatic rings. The Morgan fingerprint density at radius 3 is 2.35 bits per heavy atom. The minimum atomic E-state index is -5.32. The standard InChI is InChI=1S/C10H9F5N2O6/c11-2-1-17(8(21)16-5(2)20)6-3(18)4(19)9(23-6,7(12)13)10(14,15)22/h1,3-4,6-7,18-19,22H,(H,16,20,21)/t3-,4+,6-,9-/m1/s1. The van der Waals surface area contributed by atoms with Gasteiger partial charge in [0.25, 0.3) is 12.0 Å². The number of aliphatic hydroxyl groups excluding tert-OH is 2. The average Bonchev–Trinajstić information content (AvgIpc) is 2.68. The van der Waals surface area contributed by atoms with E-state index in [2.05, 4.69) is 4.74 Å². The van der Waals surface area contributed by atoms with Crippen molar-refractivity contribution in [2.24, 2.45) is 0 Å². The van der Waals surface area contributed by atoms with Gasteiger partial charge in [0.2, 0.25) is 11.4 Å². The molecule has 0 aliphatic carbocycles. The van der Waals surface area contributed by atoms with E-state index < -0.39 is 53.6 Å². The molecule has 0 aromatic carbocycles. The number of H-pyrrole nitrogens is 1. The predicted octanol–water partition coefficient (Wildman–Crippen LogP) is -1.48. The SMILES string of the molecule is O=c1[nH]c(=O)n([C@@H]2O[C@](C(F)F)(C(O)(F)F)[C@@H](O)[C@H]2O)cc1F. The first kappa shape index (κ1) is 17.5. The second kappa shape index (κ2) is 5.36. The van der Waals surface area contributed by atoms with Crippen LogP contribution in [0.25, 0.3) is 0 Å². The van der Waals surface area contributed by atoms with Crippen LogP contribution in [0.3, 0.4) is 0 Å². The Morgan fingerprint density at radius 2 is 1.91 bits per heavy atom. The molecule has 0 saturated carbocycles. The number of ether oxygens (including phenoxy) is 1. The summed E-state index contributed by atoms with van der Waals surface area (Å²) < 4.78 is 69.6. The molecule has 130 valence electrons. The zero-order valence-corrected chi connectivity index (χ0v) is 10.8. The molecule has 1 aromatic heterocycles. The number of nitrogens with one attached hydrogen (secondary N) is 1. The monoisotopic (exact) mass is 348 g/mol. The Kier molecular flexibility index (Phi) is 4.09. The third-order valence-corrected chi connectivity index (χ3v) is 3.36. The fraction of sp³-hybridized carbons (Fsp3) is 0.600. The summed E-state index contributed by atoms with van der Waals surface area (Å²) in [7, 11) is 0. The van der Waals surface area contributed by atoms with Gasteiger partial charge in [0, 0.05) is 0 Å². The number of aliphatic hydroxyl groups is 3.